The van der Waals surface area contributed by atoms with Gasteiger partial charge in [0.25, 0.3) is 5.91 Å². The molecule has 1 aliphatic carbocycles. The van der Waals surface area contributed by atoms with Gasteiger partial charge in [-0.15, -0.1) is 5.92 Å². The van der Waals surface area contributed by atoms with Gasteiger partial charge in [0.15, 0.2) is 0 Å². The second-order valence-electron chi connectivity index (χ2n) is 4.87. The number of carbonyl (C=O) groups is 1. The Balaban J connectivity index is 1.96. The number of hydrogen-bond acceptors (Lipinski definition) is 2. The maximum Gasteiger partial charge on any atom is 0.326 e. The molecule has 1 aromatic heterocycles. The third-order valence-electron chi connectivity index (χ3n) is 3.41. The van der Waals surface area contributed by atoms with E-state index in [1.54, 1.807) is 29.7 Å². The van der Waals surface area contributed by atoms with Crippen LogP contribution < -0.4 is 11.0 Å². The molecule has 1 fully saturated rings. The summed E-state index contributed by atoms with van der Waals surface area (Å²) >= 11 is 0. The van der Waals surface area contributed by atoms with Gasteiger partial charge in [0.05, 0.1) is 17.6 Å². The molecule has 0 radical (unpaired) electrons. The van der Waals surface area contributed by atoms with Crippen LogP contribution in [0.4, 0.5) is 0 Å². The van der Waals surface area contributed by atoms with Gasteiger partial charge in [-0.2, -0.15) is 0 Å². The lowest BCUT2D eigenvalue weighted by Crippen LogP contribution is -2.23. The summed E-state index contributed by atoms with van der Waals surface area (Å²) in [5.74, 6) is 5.34. The summed E-state index contributed by atoms with van der Waals surface area (Å²) < 4.78 is 1.75. The highest BCUT2D eigenvalue weighted by Crippen LogP contribution is 2.35. The number of H-pyrrole nitrogens is 1. The number of hydrogen-bond donors (Lipinski definition) is 2. The molecular weight excluding hydrogens is 254 g/mol. The molecule has 1 amide bonds. The Bertz CT molecular complexity index is 785. The molecule has 1 aliphatic rings. The van der Waals surface area contributed by atoms with Crippen LogP contribution in [0.25, 0.3) is 11.0 Å². The van der Waals surface area contributed by atoms with Crippen LogP contribution in [0.15, 0.2) is 23.0 Å². The average Bonchev–Trinajstić information content (AvgIpc) is 3.21. The second kappa shape index (κ2) is 4.89. The van der Waals surface area contributed by atoms with E-state index < -0.39 is 0 Å². The number of nitrogens with zero attached hydrogens (tertiary/aromatic N) is 1. The number of amides is 1. The molecule has 1 aromatic carbocycles. The van der Waals surface area contributed by atoms with Gasteiger partial charge in [-0.1, -0.05) is 5.92 Å². The van der Waals surface area contributed by atoms with Gasteiger partial charge >= 0.3 is 5.69 Å². The minimum absolute atomic E-state index is 0.100. The average molecular weight is 269 g/mol. The van der Waals surface area contributed by atoms with E-state index in [-0.39, 0.29) is 17.6 Å². The number of aromatic nitrogens is 2. The largest absolute Gasteiger partial charge is 0.341 e. The van der Waals surface area contributed by atoms with Crippen LogP contribution in [0.2, 0.25) is 0 Å². The SMILES string of the molecule is CC#CCNC(=O)c1ccc2[nH]c(=O)n(C3CC3)c2c1. The van der Waals surface area contributed by atoms with E-state index in [4.69, 9.17) is 0 Å². The van der Waals surface area contributed by atoms with Crippen molar-refractivity contribution in [2.75, 3.05) is 6.54 Å². The molecule has 0 unspecified atom stereocenters. The van der Waals surface area contributed by atoms with Gasteiger partial charge in [0.1, 0.15) is 0 Å². The number of aromatic amines is 1. The molecule has 20 heavy (non-hydrogen) atoms. The van der Waals surface area contributed by atoms with Crippen LogP contribution in [0.3, 0.4) is 0 Å². The van der Waals surface area contributed by atoms with Gasteiger partial charge < -0.3 is 10.3 Å². The number of rotatable bonds is 3. The maximum atomic E-state index is 12.0. The lowest BCUT2D eigenvalue weighted by atomic mass is 10.2. The zero-order valence-electron chi connectivity index (χ0n) is 11.2. The highest BCUT2D eigenvalue weighted by molar-refractivity contribution is 5.97. The Morgan fingerprint density at radius 3 is 3.00 bits per heavy atom. The van der Waals surface area contributed by atoms with E-state index in [0.29, 0.717) is 12.1 Å². The zero-order chi connectivity index (χ0) is 14.1. The van der Waals surface area contributed by atoms with Gasteiger partial charge in [-0.3, -0.25) is 9.36 Å². The molecule has 0 saturated heterocycles. The van der Waals surface area contributed by atoms with Crippen LogP contribution in [-0.2, 0) is 0 Å². The predicted octanol–water partition coefficient (Wildman–Crippen LogP) is 1.42. The third kappa shape index (κ3) is 2.21. The quantitative estimate of drug-likeness (QED) is 0.827. The number of fused-ring (bicyclic) bond motifs is 1. The monoisotopic (exact) mass is 269 g/mol. The van der Waals surface area contributed by atoms with Crippen molar-refractivity contribution in [1.29, 1.82) is 0 Å². The first-order valence-corrected chi connectivity index (χ1v) is 6.63. The third-order valence-corrected chi connectivity index (χ3v) is 3.41. The molecule has 5 nitrogen and oxygen atoms in total. The van der Waals surface area contributed by atoms with Crippen LogP contribution in [0.5, 0.6) is 0 Å². The Labute approximate surface area is 116 Å². The summed E-state index contributed by atoms with van der Waals surface area (Å²) in [5.41, 5.74) is 2.01. The van der Waals surface area contributed by atoms with Crippen LogP contribution in [0, 0.1) is 11.8 Å². The van der Waals surface area contributed by atoms with E-state index in [0.717, 1.165) is 23.9 Å². The maximum absolute atomic E-state index is 12.0. The fourth-order valence-corrected chi connectivity index (χ4v) is 2.27. The molecule has 3 rings (SSSR count). The van der Waals surface area contributed by atoms with Gasteiger partial charge in [0.2, 0.25) is 0 Å². The van der Waals surface area contributed by atoms with E-state index >= 15 is 0 Å². The molecule has 0 atom stereocenters. The summed E-state index contributed by atoms with van der Waals surface area (Å²) in [7, 11) is 0. The summed E-state index contributed by atoms with van der Waals surface area (Å²) in [6.45, 7) is 2.06. The first-order valence-electron chi connectivity index (χ1n) is 6.63. The molecule has 1 heterocycles. The van der Waals surface area contributed by atoms with E-state index in [1.807, 2.05) is 0 Å². The zero-order valence-corrected chi connectivity index (χ0v) is 11.2. The minimum Gasteiger partial charge on any atom is -0.341 e. The first-order chi connectivity index (χ1) is 9.70. The lowest BCUT2D eigenvalue weighted by molar-refractivity contribution is 0.0959. The van der Waals surface area contributed by atoms with Gasteiger partial charge in [-0.05, 0) is 38.0 Å². The molecule has 0 aliphatic heterocycles. The highest BCUT2D eigenvalue weighted by atomic mass is 16.2. The molecule has 0 bridgehead atoms. The fraction of sp³-hybridized carbons (Fsp3) is 0.333. The molecular formula is C15H15N3O2. The Morgan fingerprint density at radius 1 is 1.50 bits per heavy atom. The minimum atomic E-state index is -0.175. The van der Waals surface area contributed by atoms with Crippen LogP contribution in [-0.4, -0.2) is 22.0 Å². The van der Waals surface area contributed by atoms with Crippen LogP contribution >= 0.6 is 0 Å². The molecule has 102 valence electrons. The summed E-state index contributed by atoms with van der Waals surface area (Å²) in [4.78, 5) is 26.7. The van der Waals surface area contributed by atoms with Gasteiger partial charge in [-0.25, -0.2) is 4.79 Å². The standard InChI is InChI=1S/C15H15N3O2/c1-2-3-8-16-14(19)10-4-7-12-13(9-10)18(11-5-6-11)15(20)17-12/h4,7,9,11H,5-6,8H2,1H3,(H,16,19)(H,17,20). The van der Waals surface area contributed by atoms with Gasteiger partial charge in [0, 0.05) is 11.6 Å². The number of benzene rings is 1. The highest BCUT2D eigenvalue weighted by Gasteiger charge is 2.27. The lowest BCUT2D eigenvalue weighted by Gasteiger charge is -2.04. The van der Waals surface area contributed by atoms with Crippen LogP contribution in [0.1, 0.15) is 36.2 Å². The number of imidazole rings is 1. The molecule has 0 spiro atoms. The van der Waals surface area contributed by atoms with Crippen molar-refractivity contribution in [2.45, 2.75) is 25.8 Å². The molecule has 5 heteroatoms. The summed E-state index contributed by atoms with van der Waals surface area (Å²) in [6, 6.07) is 5.53. The second-order valence-corrected chi connectivity index (χ2v) is 4.87. The van der Waals surface area contributed by atoms with Crippen molar-refractivity contribution in [2.24, 2.45) is 0 Å². The van der Waals surface area contributed by atoms with E-state index in [2.05, 4.69) is 22.1 Å². The normalized spacial score (nSPS) is 13.8. The van der Waals surface area contributed by atoms with Crippen molar-refractivity contribution >= 4 is 16.9 Å². The van der Waals surface area contributed by atoms with Crippen molar-refractivity contribution in [3.8, 4) is 11.8 Å². The fourth-order valence-electron chi connectivity index (χ4n) is 2.27. The Hall–Kier alpha value is -2.48. The Morgan fingerprint density at radius 2 is 2.30 bits per heavy atom. The number of carbonyl (C=O) groups excluding carboxylic acids is 1. The van der Waals surface area contributed by atoms with E-state index in [1.165, 1.54) is 0 Å². The smallest absolute Gasteiger partial charge is 0.326 e. The molecule has 1 saturated carbocycles. The van der Waals surface area contributed by atoms with Crippen molar-refractivity contribution in [3.63, 3.8) is 0 Å². The number of nitrogens with one attached hydrogen (secondary N) is 2. The summed E-state index contributed by atoms with van der Waals surface area (Å²) in [6.07, 6.45) is 2.05. The Kier molecular flexibility index (Phi) is 3.07. The van der Waals surface area contributed by atoms with Crippen molar-refractivity contribution in [1.82, 2.24) is 14.9 Å². The first kappa shape index (κ1) is 12.5. The summed E-state index contributed by atoms with van der Waals surface area (Å²) in [5, 5.41) is 2.73. The van der Waals surface area contributed by atoms with E-state index in [9.17, 15) is 9.59 Å². The molecule has 2 aromatic rings. The van der Waals surface area contributed by atoms with Crippen molar-refractivity contribution < 1.29 is 4.79 Å². The predicted molar refractivity (Wildman–Crippen MR) is 76.6 cm³/mol. The van der Waals surface area contributed by atoms with Crippen molar-refractivity contribution in [3.05, 3.63) is 34.2 Å². The molecule has 2 N–H and O–H groups in total. The topological polar surface area (TPSA) is 66.9 Å².